The normalized spacial score (nSPS) is 16.0. The maximum atomic E-state index is 4.56. The van der Waals surface area contributed by atoms with Gasteiger partial charge in [-0.3, -0.25) is 4.68 Å². The molecule has 1 fully saturated rings. The average Bonchev–Trinajstić information content (AvgIpc) is 2.98. The van der Waals surface area contributed by atoms with Crippen LogP contribution in [0.2, 0.25) is 0 Å². The van der Waals surface area contributed by atoms with Gasteiger partial charge in [0.25, 0.3) is 0 Å². The van der Waals surface area contributed by atoms with Crippen molar-refractivity contribution in [3.63, 3.8) is 0 Å². The molecule has 3 nitrogen and oxygen atoms in total. The summed E-state index contributed by atoms with van der Waals surface area (Å²) in [6.45, 7) is 8.65. The topological polar surface area (TPSA) is 29.9 Å². The Kier molecular flexibility index (Phi) is 3.64. The third-order valence-corrected chi connectivity index (χ3v) is 3.14. The second-order valence-corrected chi connectivity index (χ2v) is 5.34. The predicted molar refractivity (Wildman–Crippen MR) is 66.3 cm³/mol. The van der Waals surface area contributed by atoms with E-state index in [2.05, 4.69) is 42.1 Å². The molecule has 0 bridgehead atoms. The summed E-state index contributed by atoms with van der Waals surface area (Å²) in [5, 5.41) is 8.10. The Labute approximate surface area is 98.2 Å². The molecule has 1 aromatic rings. The van der Waals surface area contributed by atoms with Crippen molar-refractivity contribution >= 4 is 0 Å². The molecule has 0 radical (unpaired) electrons. The van der Waals surface area contributed by atoms with Crippen molar-refractivity contribution in [2.24, 2.45) is 5.92 Å². The van der Waals surface area contributed by atoms with E-state index >= 15 is 0 Å². The first kappa shape index (κ1) is 11.6. The van der Waals surface area contributed by atoms with Gasteiger partial charge >= 0.3 is 0 Å². The molecule has 1 heterocycles. The number of aryl methyl sites for hydroxylation is 2. The molecule has 1 saturated carbocycles. The molecule has 0 aromatic carbocycles. The Bertz CT molecular complexity index is 337. The van der Waals surface area contributed by atoms with Gasteiger partial charge < -0.3 is 5.32 Å². The van der Waals surface area contributed by atoms with Crippen LogP contribution < -0.4 is 5.32 Å². The Hall–Kier alpha value is -0.830. The van der Waals surface area contributed by atoms with Crippen LogP contribution in [0.5, 0.6) is 0 Å². The van der Waals surface area contributed by atoms with Crippen molar-refractivity contribution < 1.29 is 0 Å². The van der Waals surface area contributed by atoms with Gasteiger partial charge in [0.1, 0.15) is 0 Å². The summed E-state index contributed by atoms with van der Waals surface area (Å²) in [4.78, 5) is 0. The Balaban J connectivity index is 1.86. The van der Waals surface area contributed by atoms with Crippen LogP contribution in [0.4, 0.5) is 0 Å². The summed E-state index contributed by atoms with van der Waals surface area (Å²) in [5.74, 6) is 0.748. The van der Waals surface area contributed by atoms with E-state index < -0.39 is 0 Å². The molecule has 0 saturated heterocycles. The van der Waals surface area contributed by atoms with Crippen molar-refractivity contribution in [3.05, 3.63) is 17.5 Å². The molecule has 3 heteroatoms. The molecule has 16 heavy (non-hydrogen) atoms. The van der Waals surface area contributed by atoms with Crippen LogP contribution >= 0.6 is 0 Å². The van der Waals surface area contributed by atoms with Crippen LogP contribution in [0, 0.1) is 12.8 Å². The standard InChI is InChI=1S/C13H23N3/c1-10(2)6-7-16-9-12(11(3)15-16)8-14-13-4-5-13/h9-10,13-14H,4-8H2,1-3H3. The fourth-order valence-electron chi connectivity index (χ4n) is 1.78. The van der Waals surface area contributed by atoms with Gasteiger partial charge in [0.2, 0.25) is 0 Å². The maximum absolute atomic E-state index is 4.56. The van der Waals surface area contributed by atoms with Crippen LogP contribution in [0.15, 0.2) is 6.20 Å². The fraction of sp³-hybridized carbons (Fsp3) is 0.769. The number of nitrogens with zero attached hydrogens (tertiary/aromatic N) is 2. The first-order valence-electron chi connectivity index (χ1n) is 6.41. The van der Waals surface area contributed by atoms with E-state index in [9.17, 15) is 0 Å². The first-order chi connectivity index (χ1) is 7.65. The molecule has 0 aliphatic heterocycles. The van der Waals surface area contributed by atoms with E-state index in [4.69, 9.17) is 0 Å². The number of hydrogen-bond acceptors (Lipinski definition) is 2. The average molecular weight is 221 g/mol. The molecule has 0 unspecified atom stereocenters. The highest BCUT2D eigenvalue weighted by Crippen LogP contribution is 2.19. The first-order valence-corrected chi connectivity index (χ1v) is 6.41. The molecule has 0 atom stereocenters. The van der Waals surface area contributed by atoms with Crippen LogP contribution in [0.1, 0.15) is 44.4 Å². The lowest BCUT2D eigenvalue weighted by molar-refractivity contribution is 0.485. The van der Waals surface area contributed by atoms with Gasteiger partial charge in [0, 0.05) is 30.9 Å². The SMILES string of the molecule is Cc1nn(CCC(C)C)cc1CNC1CC1. The molecule has 1 aromatic heterocycles. The van der Waals surface area contributed by atoms with Gasteiger partial charge in [-0.1, -0.05) is 13.8 Å². The molecular weight excluding hydrogens is 198 g/mol. The van der Waals surface area contributed by atoms with Crippen LogP contribution in [-0.2, 0) is 13.1 Å². The van der Waals surface area contributed by atoms with E-state index in [1.165, 1.54) is 30.5 Å². The van der Waals surface area contributed by atoms with Gasteiger partial charge in [0.05, 0.1) is 5.69 Å². The molecule has 2 rings (SSSR count). The maximum Gasteiger partial charge on any atom is 0.0638 e. The highest BCUT2D eigenvalue weighted by Gasteiger charge is 2.20. The number of hydrogen-bond donors (Lipinski definition) is 1. The summed E-state index contributed by atoms with van der Waals surface area (Å²) in [6.07, 6.45) is 6.10. The number of aromatic nitrogens is 2. The smallest absolute Gasteiger partial charge is 0.0638 e. The zero-order valence-electron chi connectivity index (χ0n) is 10.7. The molecule has 0 spiro atoms. The van der Waals surface area contributed by atoms with Crippen molar-refractivity contribution in [2.75, 3.05) is 0 Å². The second kappa shape index (κ2) is 5.00. The second-order valence-electron chi connectivity index (χ2n) is 5.34. The molecular formula is C13H23N3. The van der Waals surface area contributed by atoms with E-state index in [1.807, 2.05) is 0 Å². The van der Waals surface area contributed by atoms with Crippen LogP contribution in [-0.4, -0.2) is 15.8 Å². The minimum Gasteiger partial charge on any atom is -0.310 e. The lowest BCUT2D eigenvalue weighted by Gasteiger charge is -2.03. The van der Waals surface area contributed by atoms with Crippen LogP contribution in [0.25, 0.3) is 0 Å². The fourth-order valence-corrected chi connectivity index (χ4v) is 1.78. The summed E-state index contributed by atoms with van der Waals surface area (Å²) in [5.41, 5.74) is 2.53. The van der Waals surface area contributed by atoms with Gasteiger partial charge in [-0.15, -0.1) is 0 Å². The molecule has 0 amide bonds. The molecule has 1 aliphatic carbocycles. The third kappa shape index (κ3) is 3.34. The van der Waals surface area contributed by atoms with E-state index in [1.54, 1.807) is 0 Å². The quantitative estimate of drug-likeness (QED) is 0.800. The van der Waals surface area contributed by atoms with Crippen molar-refractivity contribution in [3.8, 4) is 0 Å². The summed E-state index contributed by atoms with van der Waals surface area (Å²) < 4.78 is 2.10. The Morgan fingerprint density at radius 3 is 2.88 bits per heavy atom. The van der Waals surface area contributed by atoms with E-state index in [0.29, 0.717) is 0 Å². The van der Waals surface area contributed by atoms with Gasteiger partial charge in [-0.2, -0.15) is 5.10 Å². The molecule has 1 N–H and O–H groups in total. The lowest BCUT2D eigenvalue weighted by Crippen LogP contribution is -2.15. The van der Waals surface area contributed by atoms with Crippen molar-refractivity contribution in [1.29, 1.82) is 0 Å². The third-order valence-electron chi connectivity index (χ3n) is 3.14. The molecule has 90 valence electrons. The minimum absolute atomic E-state index is 0.748. The zero-order chi connectivity index (χ0) is 11.5. The number of nitrogens with one attached hydrogen (secondary N) is 1. The predicted octanol–water partition coefficient (Wildman–Crippen LogP) is 2.49. The zero-order valence-corrected chi connectivity index (χ0v) is 10.7. The lowest BCUT2D eigenvalue weighted by atomic mass is 10.1. The van der Waals surface area contributed by atoms with Crippen LogP contribution in [0.3, 0.4) is 0 Å². The summed E-state index contributed by atoms with van der Waals surface area (Å²) in [7, 11) is 0. The monoisotopic (exact) mass is 221 g/mol. The Morgan fingerprint density at radius 2 is 2.25 bits per heavy atom. The van der Waals surface area contributed by atoms with Gasteiger partial charge in [-0.25, -0.2) is 0 Å². The van der Waals surface area contributed by atoms with Crippen molar-refractivity contribution in [1.82, 2.24) is 15.1 Å². The van der Waals surface area contributed by atoms with Gasteiger partial charge in [-0.05, 0) is 32.1 Å². The van der Waals surface area contributed by atoms with Crippen molar-refractivity contribution in [2.45, 2.75) is 59.2 Å². The Morgan fingerprint density at radius 1 is 1.50 bits per heavy atom. The largest absolute Gasteiger partial charge is 0.310 e. The highest BCUT2D eigenvalue weighted by molar-refractivity contribution is 5.15. The minimum atomic E-state index is 0.748. The number of rotatable bonds is 6. The summed E-state index contributed by atoms with van der Waals surface area (Å²) >= 11 is 0. The van der Waals surface area contributed by atoms with Gasteiger partial charge in [0.15, 0.2) is 0 Å². The van der Waals surface area contributed by atoms with E-state index in [-0.39, 0.29) is 0 Å². The summed E-state index contributed by atoms with van der Waals surface area (Å²) in [6, 6.07) is 0.776. The van der Waals surface area contributed by atoms with E-state index in [0.717, 1.165) is 25.0 Å². The highest BCUT2D eigenvalue weighted by atomic mass is 15.3. The molecule has 1 aliphatic rings.